The molecule has 0 radical (unpaired) electrons. The van der Waals surface area contributed by atoms with E-state index in [1.165, 1.54) is 17.2 Å². The zero-order chi connectivity index (χ0) is 22.9. The molecule has 3 atom stereocenters. The molecular weight excluding hydrogens is 418 g/mol. The summed E-state index contributed by atoms with van der Waals surface area (Å²) in [5.41, 5.74) is 1.28. The van der Waals surface area contributed by atoms with Crippen LogP contribution in [0, 0.1) is 0 Å². The van der Waals surface area contributed by atoms with Gasteiger partial charge < -0.3 is 25.0 Å². The monoisotopic (exact) mass is 445 g/mol. The number of nitrogens with zero attached hydrogens (tertiary/aromatic N) is 6. The second-order valence-corrected chi connectivity index (χ2v) is 8.59. The molecule has 0 aromatic carbocycles. The maximum atomic E-state index is 12.1. The van der Waals surface area contributed by atoms with Gasteiger partial charge in [0.05, 0.1) is 24.7 Å². The third kappa shape index (κ3) is 4.71. The lowest BCUT2D eigenvalue weighted by Gasteiger charge is -2.19. The Balaban J connectivity index is 1.40. The molecule has 0 aliphatic carbocycles. The van der Waals surface area contributed by atoms with E-state index in [9.17, 15) is 15.0 Å². The van der Waals surface area contributed by atoms with Crippen LogP contribution in [0.1, 0.15) is 39.1 Å². The van der Waals surface area contributed by atoms with E-state index in [-0.39, 0.29) is 6.61 Å². The van der Waals surface area contributed by atoms with Gasteiger partial charge in [0.15, 0.2) is 17.0 Å². The van der Waals surface area contributed by atoms with Crippen molar-refractivity contribution >= 4 is 23.1 Å². The van der Waals surface area contributed by atoms with E-state index in [0.717, 1.165) is 5.69 Å². The first-order valence-electron chi connectivity index (χ1n) is 10.4. The van der Waals surface area contributed by atoms with Gasteiger partial charge in [0.25, 0.3) is 0 Å². The van der Waals surface area contributed by atoms with Crippen LogP contribution in [0.15, 0.2) is 25.2 Å². The molecule has 3 N–H and O–H groups in total. The number of rotatable bonds is 6. The first kappa shape index (κ1) is 22.1. The molecule has 1 fully saturated rings. The van der Waals surface area contributed by atoms with Crippen LogP contribution in [0.5, 0.6) is 0 Å². The summed E-state index contributed by atoms with van der Waals surface area (Å²) in [6.45, 7) is 5.68. The Morgan fingerprint density at radius 1 is 1.28 bits per heavy atom. The Bertz CT molecular complexity index is 1090. The number of anilines is 1. The lowest BCUT2D eigenvalue weighted by atomic mass is 10.2. The molecule has 3 aromatic rings. The molecule has 0 bridgehead atoms. The standard InChI is InChI=1S/C20H27N7O5/c1-20(2,3)32-19(30)26-7-12(24-10-26)4-5-21-17-16-18(23-9-22-17)27(11-25-16)15-6-13(29)14(8-28)31-15/h7,9-11,13-15,28-29H,4-6,8H2,1-3H3,(H,21,22,23)/t13-,14+,15+/m0/s1. The predicted molar refractivity (Wildman–Crippen MR) is 113 cm³/mol. The number of hydrogen-bond donors (Lipinski definition) is 3. The molecule has 0 spiro atoms. The Hall–Kier alpha value is -3.09. The van der Waals surface area contributed by atoms with Gasteiger partial charge in [-0.05, 0) is 20.8 Å². The summed E-state index contributed by atoms with van der Waals surface area (Å²) in [5.74, 6) is 0.553. The minimum absolute atomic E-state index is 0.254. The van der Waals surface area contributed by atoms with Crippen LogP contribution in [0.25, 0.3) is 11.2 Å². The molecule has 4 heterocycles. The van der Waals surface area contributed by atoms with E-state index < -0.39 is 30.1 Å². The van der Waals surface area contributed by atoms with Crippen LogP contribution in [0.2, 0.25) is 0 Å². The number of aromatic nitrogens is 6. The van der Waals surface area contributed by atoms with Crippen LogP contribution < -0.4 is 5.32 Å². The summed E-state index contributed by atoms with van der Waals surface area (Å²) in [5, 5.41) is 22.5. The molecule has 172 valence electrons. The second kappa shape index (κ2) is 8.81. The van der Waals surface area contributed by atoms with E-state index in [0.29, 0.717) is 36.4 Å². The van der Waals surface area contributed by atoms with Crippen molar-refractivity contribution in [3.8, 4) is 0 Å². The molecule has 0 saturated carbocycles. The zero-order valence-electron chi connectivity index (χ0n) is 18.2. The van der Waals surface area contributed by atoms with Crippen molar-refractivity contribution in [2.75, 3.05) is 18.5 Å². The van der Waals surface area contributed by atoms with Gasteiger partial charge in [-0.3, -0.25) is 4.57 Å². The Kier molecular flexibility index (Phi) is 6.09. The highest BCUT2D eigenvalue weighted by Crippen LogP contribution is 2.31. The van der Waals surface area contributed by atoms with Crippen molar-refractivity contribution < 1.29 is 24.5 Å². The molecule has 0 amide bonds. The molecule has 1 saturated heterocycles. The van der Waals surface area contributed by atoms with E-state index in [1.54, 1.807) is 17.1 Å². The number of aliphatic hydroxyl groups excluding tert-OH is 2. The number of imidazole rings is 2. The first-order valence-corrected chi connectivity index (χ1v) is 10.4. The summed E-state index contributed by atoms with van der Waals surface area (Å²) in [6, 6.07) is 0. The summed E-state index contributed by atoms with van der Waals surface area (Å²) in [7, 11) is 0. The Morgan fingerprint density at radius 2 is 2.09 bits per heavy atom. The summed E-state index contributed by atoms with van der Waals surface area (Å²) in [4.78, 5) is 29.3. The van der Waals surface area contributed by atoms with Crippen LogP contribution in [0.3, 0.4) is 0 Å². The van der Waals surface area contributed by atoms with E-state index in [1.807, 2.05) is 20.8 Å². The third-order valence-electron chi connectivity index (χ3n) is 4.97. The van der Waals surface area contributed by atoms with Gasteiger partial charge in [-0.1, -0.05) is 0 Å². The molecule has 4 rings (SSSR count). The second-order valence-electron chi connectivity index (χ2n) is 8.59. The highest BCUT2D eigenvalue weighted by Gasteiger charge is 2.35. The number of carbonyl (C=O) groups is 1. The number of fused-ring (bicyclic) bond motifs is 1. The van der Waals surface area contributed by atoms with Crippen molar-refractivity contribution in [3.05, 3.63) is 30.9 Å². The Morgan fingerprint density at radius 3 is 2.81 bits per heavy atom. The van der Waals surface area contributed by atoms with Crippen molar-refractivity contribution in [3.63, 3.8) is 0 Å². The lowest BCUT2D eigenvalue weighted by molar-refractivity contribution is -0.0432. The number of aliphatic hydroxyl groups is 2. The minimum Gasteiger partial charge on any atom is -0.443 e. The van der Waals surface area contributed by atoms with Crippen LogP contribution in [-0.4, -0.2) is 76.3 Å². The first-order chi connectivity index (χ1) is 15.2. The fraction of sp³-hybridized carbons (Fsp3) is 0.550. The average molecular weight is 445 g/mol. The van der Waals surface area contributed by atoms with Gasteiger partial charge in [-0.2, -0.15) is 0 Å². The Labute approximate surface area is 184 Å². The lowest BCUT2D eigenvalue weighted by Crippen LogP contribution is -2.26. The van der Waals surface area contributed by atoms with Gasteiger partial charge in [0, 0.05) is 25.6 Å². The molecule has 0 unspecified atom stereocenters. The number of hydrogen-bond acceptors (Lipinski definition) is 10. The van der Waals surface area contributed by atoms with E-state index >= 15 is 0 Å². The van der Waals surface area contributed by atoms with Crippen molar-refractivity contribution in [1.29, 1.82) is 0 Å². The fourth-order valence-corrected chi connectivity index (χ4v) is 3.46. The molecule has 1 aliphatic heterocycles. The van der Waals surface area contributed by atoms with Gasteiger partial charge in [0.2, 0.25) is 0 Å². The minimum atomic E-state index is -0.748. The molecule has 12 heteroatoms. The SMILES string of the molecule is CC(C)(C)OC(=O)n1cnc(CCNc2ncnc3c2ncn3[C@H]2C[C@H](O)[C@@H](CO)O2)c1. The predicted octanol–water partition coefficient (Wildman–Crippen LogP) is 1.10. The molecule has 12 nitrogen and oxygen atoms in total. The van der Waals surface area contributed by atoms with Gasteiger partial charge >= 0.3 is 6.09 Å². The molecule has 1 aliphatic rings. The highest BCUT2D eigenvalue weighted by atomic mass is 16.6. The van der Waals surface area contributed by atoms with E-state index in [4.69, 9.17) is 9.47 Å². The van der Waals surface area contributed by atoms with Crippen LogP contribution in [-0.2, 0) is 15.9 Å². The van der Waals surface area contributed by atoms with Crippen LogP contribution in [0.4, 0.5) is 10.6 Å². The molecule has 32 heavy (non-hydrogen) atoms. The summed E-state index contributed by atoms with van der Waals surface area (Å²) >= 11 is 0. The maximum Gasteiger partial charge on any atom is 0.419 e. The van der Waals surface area contributed by atoms with Crippen molar-refractivity contribution in [2.45, 2.75) is 57.6 Å². The quantitative estimate of drug-likeness (QED) is 0.503. The third-order valence-corrected chi connectivity index (χ3v) is 4.97. The number of carbonyl (C=O) groups excluding carboxylic acids is 1. The van der Waals surface area contributed by atoms with Gasteiger partial charge in [-0.15, -0.1) is 0 Å². The largest absolute Gasteiger partial charge is 0.443 e. The van der Waals surface area contributed by atoms with Crippen LogP contribution >= 0.6 is 0 Å². The van der Waals surface area contributed by atoms with Crippen molar-refractivity contribution in [2.24, 2.45) is 0 Å². The van der Waals surface area contributed by atoms with Crippen molar-refractivity contribution in [1.82, 2.24) is 29.1 Å². The summed E-state index contributed by atoms with van der Waals surface area (Å²) < 4.78 is 14.1. The zero-order valence-corrected chi connectivity index (χ0v) is 18.2. The molecular formula is C20H27N7O5. The normalized spacial score (nSPS) is 21.2. The smallest absolute Gasteiger partial charge is 0.419 e. The average Bonchev–Trinajstić information content (AvgIpc) is 3.44. The topological polar surface area (TPSA) is 149 Å². The maximum absolute atomic E-state index is 12.1. The van der Waals surface area contributed by atoms with Gasteiger partial charge in [-0.25, -0.2) is 29.3 Å². The number of ether oxygens (including phenoxy) is 2. The molecule has 3 aromatic heterocycles. The van der Waals surface area contributed by atoms with E-state index in [2.05, 4.69) is 25.3 Å². The fourth-order valence-electron chi connectivity index (χ4n) is 3.46. The number of nitrogens with one attached hydrogen (secondary N) is 1. The summed E-state index contributed by atoms with van der Waals surface area (Å²) in [6.07, 6.45) is 4.66. The highest BCUT2D eigenvalue weighted by molar-refractivity contribution is 5.82. The van der Waals surface area contributed by atoms with Gasteiger partial charge in [0.1, 0.15) is 30.6 Å².